The standard InChI is InChI=1S/C32H12BF24.C8H4IN6O2/c34-25(35,36)13-1-14(26(37,38)39)6-21(5-13)33(22-7-15(27(40,41)42)2-16(8-22)28(43,44)45,23-9-17(29(46,47)48)3-18(10-23)30(49,50)51)24-11-19(31(52,53)54)4-20(12-24)32(55,56)57;10-14-12-7-3-1-5(16-7)9-6-2-4-8(17-6)13-15-11/h1-12H;1-4H/q-1;+1. The molecule has 6 rings (SSSR count). The molecule has 0 spiro atoms. The van der Waals surface area contributed by atoms with E-state index in [4.69, 9.17) is 19.9 Å². The summed E-state index contributed by atoms with van der Waals surface area (Å²) in [6, 6.07) is -2.17. The Bertz CT molecular complexity index is 2640. The monoisotopic (exact) mass is 1210 g/mol. The van der Waals surface area contributed by atoms with Crippen LogP contribution in [0.15, 0.2) is 116 Å². The third-order valence-corrected chi connectivity index (χ3v) is 12.3. The summed E-state index contributed by atoms with van der Waals surface area (Å²) < 4.78 is 353. The van der Waals surface area contributed by atoms with Gasteiger partial charge in [0.2, 0.25) is 0 Å². The van der Waals surface area contributed by atoms with E-state index in [0.717, 1.165) is 0 Å². The molecule has 396 valence electrons. The third kappa shape index (κ3) is 13.5. The van der Waals surface area contributed by atoms with E-state index in [9.17, 15) is 105 Å². The van der Waals surface area contributed by atoms with Crippen LogP contribution in [0.25, 0.3) is 20.9 Å². The first-order valence-corrected chi connectivity index (χ1v) is 21.0. The van der Waals surface area contributed by atoms with E-state index in [2.05, 4.69) is 20.1 Å². The largest absolute Gasteiger partial charge is 0.442 e. The molecule has 0 saturated carbocycles. The minimum atomic E-state index is -6.13. The van der Waals surface area contributed by atoms with E-state index in [1.165, 1.54) is 0 Å². The number of alkyl halides is 24. The second-order valence-corrected chi connectivity index (χ2v) is 17.5. The maximum atomic E-state index is 14.2. The van der Waals surface area contributed by atoms with Gasteiger partial charge < -0.3 is 8.83 Å². The van der Waals surface area contributed by atoms with Gasteiger partial charge >= 0.3 is 78.1 Å². The summed E-state index contributed by atoms with van der Waals surface area (Å²) in [5.41, 5.74) is -13.8. The molecule has 0 amide bonds. The fourth-order valence-electron chi connectivity index (χ4n) is 7.07. The van der Waals surface area contributed by atoms with Crippen LogP contribution in [0.3, 0.4) is 0 Å². The molecule has 0 saturated heterocycles. The van der Waals surface area contributed by atoms with Crippen LogP contribution in [-0.2, 0) is 49.4 Å². The van der Waals surface area contributed by atoms with Crippen LogP contribution in [0.4, 0.5) is 117 Å². The Balaban J connectivity index is 0.000000500. The predicted molar refractivity (Wildman–Crippen MR) is 202 cm³/mol. The molecule has 0 radical (unpaired) electrons. The van der Waals surface area contributed by atoms with Crippen molar-refractivity contribution in [3.63, 3.8) is 0 Å². The molecular weight excluding hydrogens is 1190 g/mol. The number of halogens is 25. The van der Waals surface area contributed by atoms with Gasteiger partial charge in [-0.05, 0) is 57.7 Å². The molecule has 0 bridgehead atoms. The first kappa shape index (κ1) is 58.1. The predicted octanol–water partition coefficient (Wildman–Crippen LogP) is 12.1. The van der Waals surface area contributed by atoms with Crippen molar-refractivity contribution in [2.75, 3.05) is 0 Å². The Morgan fingerprint density at radius 3 is 0.676 bits per heavy atom. The molecular formula is C40H16BF24IN6O2. The van der Waals surface area contributed by atoms with Gasteiger partial charge in [0, 0.05) is 22.0 Å². The minimum Gasteiger partial charge on any atom is -0.416 e. The van der Waals surface area contributed by atoms with E-state index < -0.39 is 216 Å². The van der Waals surface area contributed by atoms with Gasteiger partial charge in [0.15, 0.2) is 11.8 Å². The quantitative estimate of drug-likeness (QED) is 0.0376. The van der Waals surface area contributed by atoms with Crippen molar-refractivity contribution in [1.82, 2.24) is 0 Å². The highest BCUT2D eigenvalue weighted by Gasteiger charge is 2.47. The van der Waals surface area contributed by atoms with E-state index in [1.54, 1.807) is 24.3 Å². The number of azide groups is 2. The van der Waals surface area contributed by atoms with E-state index in [1.807, 2.05) is 0 Å². The van der Waals surface area contributed by atoms with Crippen LogP contribution in [0.2, 0.25) is 0 Å². The molecule has 0 aliphatic rings. The van der Waals surface area contributed by atoms with Crippen molar-refractivity contribution in [2.45, 2.75) is 49.4 Å². The summed E-state index contributed by atoms with van der Waals surface area (Å²) in [6.07, 6.45) is -54.8. The normalized spacial score (nSPS) is 13.2. The lowest BCUT2D eigenvalue weighted by molar-refractivity contribution is -0.635. The summed E-state index contributed by atoms with van der Waals surface area (Å²) in [4.78, 5) is 5.24. The molecule has 2 heterocycles. The molecule has 0 aliphatic carbocycles. The van der Waals surface area contributed by atoms with E-state index in [-0.39, 0.29) is 11.8 Å². The molecule has 4 aromatic carbocycles. The first-order chi connectivity index (χ1) is 33.6. The molecule has 6 aromatic rings. The maximum absolute atomic E-state index is 14.2. The topological polar surface area (TPSA) is 124 Å². The second kappa shape index (κ2) is 20.1. The van der Waals surface area contributed by atoms with Gasteiger partial charge in [-0.1, -0.05) is 48.5 Å². The number of hydrogen-bond acceptors (Lipinski definition) is 4. The van der Waals surface area contributed by atoms with Crippen LogP contribution < -0.4 is 43.1 Å². The molecule has 0 N–H and O–H groups in total. The van der Waals surface area contributed by atoms with Crippen LogP contribution in [0.1, 0.15) is 44.5 Å². The SMILES string of the molecule is FC(F)(F)c1cc([B-](c2cc(C(F)(F)F)cc(C(F)(F)F)c2)(c2cc(C(F)(F)F)cc(C(F)(F)F)c2)c2cc(C(F)(F)F)cc(C(F)(F)F)c2)cc(C(F)(F)F)c1.[N-]=[N+]=Nc1ccc([I+]c2ccc(N=[N+]=[N-])o2)o1. The molecule has 0 aliphatic heterocycles. The van der Waals surface area contributed by atoms with Crippen LogP contribution >= 0.6 is 0 Å². The van der Waals surface area contributed by atoms with Gasteiger partial charge in [0.1, 0.15) is 6.15 Å². The highest BCUT2D eigenvalue weighted by molar-refractivity contribution is 7.20. The van der Waals surface area contributed by atoms with Gasteiger partial charge in [0.25, 0.3) is 0 Å². The Hall–Kier alpha value is -6.83. The fourth-order valence-corrected chi connectivity index (χ4v) is 8.98. The smallest absolute Gasteiger partial charge is 0.416 e. The molecule has 0 unspecified atom stereocenters. The Labute approximate surface area is 404 Å². The third-order valence-electron chi connectivity index (χ3n) is 10.0. The maximum Gasteiger partial charge on any atom is 0.442 e. The van der Waals surface area contributed by atoms with Gasteiger partial charge in [-0.15, -0.1) is 0 Å². The lowest BCUT2D eigenvalue weighted by Crippen LogP contribution is -3.61. The van der Waals surface area contributed by atoms with E-state index >= 15 is 0 Å². The highest BCUT2D eigenvalue weighted by atomic mass is 127. The molecule has 0 atom stereocenters. The van der Waals surface area contributed by atoms with Gasteiger partial charge in [-0.3, -0.25) is 0 Å². The van der Waals surface area contributed by atoms with Crippen LogP contribution in [-0.4, -0.2) is 6.15 Å². The first-order valence-electron chi connectivity index (χ1n) is 18.9. The zero-order chi connectivity index (χ0) is 56.0. The Morgan fingerprint density at radius 2 is 0.514 bits per heavy atom. The van der Waals surface area contributed by atoms with E-state index in [0.29, 0.717) is 7.53 Å². The lowest BCUT2D eigenvalue weighted by atomic mass is 9.12. The summed E-state index contributed by atoms with van der Waals surface area (Å²) in [7, 11) is 0. The van der Waals surface area contributed by atoms with Crippen molar-refractivity contribution >= 4 is 39.8 Å². The van der Waals surface area contributed by atoms with Gasteiger partial charge in [0.05, 0.1) is 44.5 Å². The average molecular weight is 1210 g/mol. The number of hydrogen-bond donors (Lipinski definition) is 0. The summed E-state index contributed by atoms with van der Waals surface area (Å²) >= 11 is -0.652. The van der Waals surface area contributed by atoms with Crippen LogP contribution in [0.5, 0.6) is 0 Å². The molecule has 0 fully saturated rings. The second-order valence-electron chi connectivity index (χ2n) is 14.9. The summed E-state index contributed by atoms with van der Waals surface area (Å²) in [5.74, 6) is 0.452. The summed E-state index contributed by atoms with van der Waals surface area (Å²) in [6.45, 7) is 0. The van der Waals surface area contributed by atoms with Crippen molar-refractivity contribution in [2.24, 2.45) is 10.2 Å². The van der Waals surface area contributed by atoms with Gasteiger partial charge in [-0.25, -0.2) is 0 Å². The minimum absolute atomic E-state index is 0.226. The van der Waals surface area contributed by atoms with Crippen molar-refractivity contribution < 1.29 is 135 Å². The molecule has 34 heteroatoms. The molecule has 2 aromatic heterocycles. The zero-order valence-corrected chi connectivity index (χ0v) is 36.9. The Kier molecular flexibility index (Phi) is 15.8. The van der Waals surface area contributed by atoms with Crippen molar-refractivity contribution in [3.8, 4) is 0 Å². The average Bonchev–Trinajstić information content (AvgIpc) is 3.90. The van der Waals surface area contributed by atoms with Gasteiger partial charge in [-0.2, -0.15) is 127 Å². The number of benzene rings is 4. The van der Waals surface area contributed by atoms with Crippen molar-refractivity contribution in [1.29, 1.82) is 0 Å². The van der Waals surface area contributed by atoms with Crippen LogP contribution in [0, 0.1) is 7.53 Å². The number of rotatable bonds is 8. The highest BCUT2D eigenvalue weighted by Crippen LogP contribution is 2.41. The van der Waals surface area contributed by atoms with Crippen molar-refractivity contribution in [3.05, 3.63) is 170 Å². The molecule has 8 nitrogen and oxygen atoms in total. The lowest BCUT2D eigenvalue weighted by Gasteiger charge is -2.46. The summed E-state index contributed by atoms with van der Waals surface area (Å²) in [5, 5.41) is 6.68. The number of furan rings is 2. The zero-order valence-electron chi connectivity index (χ0n) is 34.8. The molecule has 74 heavy (non-hydrogen) atoms. The number of nitrogens with zero attached hydrogens (tertiary/aromatic N) is 6. The fraction of sp³-hybridized carbons (Fsp3) is 0.200. The Morgan fingerprint density at radius 1 is 0.324 bits per heavy atom.